The zero-order chi connectivity index (χ0) is 50.3. The van der Waals surface area contributed by atoms with Gasteiger partial charge in [-0.15, -0.1) is 54.1 Å². The summed E-state index contributed by atoms with van der Waals surface area (Å²) in [5.41, 5.74) is 20.6. The molecule has 0 spiro atoms. The van der Waals surface area contributed by atoms with Crippen LogP contribution in [-0.4, -0.2) is 14.5 Å². The minimum atomic E-state index is 0. The number of rotatable bonds is 10. The van der Waals surface area contributed by atoms with Gasteiger partial charge in [0.15, 0.2) is 0 Å². The van der Waals surface area contributed by atoms with Crippen molar-refractivity contribution < 1.29 is 28.9 Å². The summed E-state index contributed by atoms with van der Waals surface area (Å²) in [5.74, 6) is 2.93. The first-order valence-electron chi connectivity index (χ1n) is 25.7. The standard InChI is InChI=1S/C43H34NO2.C25H25N2.CH3.Ir/c1-26(2)36-23-31(29-15-9-6-10-16-29)24-37(27(3)4)40(36)34-18-12-20-38-42(34)46-43(44-38)35-19-11-17-33-32-22-21-30(25-39(32)45-41(33)35)28-13-7-5-8-14-28;1-17(2)20-13-10-14-21(18(3)4)24(20)27-23-16-9-8-15-22(23)26-25(27)19-11-6-5-7-12-19;;/h5-18,20-27H,1-4H3;5-11,13-18H,1-4H3;1H3;/q3*-1;+3. The number of hydrogen-bond acceptors (Lipinski definition) is 4. The van der Waals surface area contributed by atoms with Crippen molar-refractivity contribution >= 4 is 44.1 Å². The summed E-state index contributed by atoms with van der Waals surface area (Å²) in [6.45, 7) is 18.1. The van der Waals surface area contributed by atoms with Gasteiger partial charge >= 0.3 is 20.1 Å². The first kappa shape index (κ1) is 52.2. The fourth-order valence-electron chi connectivity index (χ4n) is 10.4. The third-order valence-corrected chi connectivity index (χ3v) is 14.1. The molecule has 3 aromatic heterocycles. The SMILES string of the molecule is CC(C)c1cc(-c2ccccc2)cc(C(C)C)c1-c1cccc2nc(-c3[c-]ccc4c3oc3cc(-c5ccccc5)ccc34)oc12.CC(C)c1cccc(C(C)C)c1-n1c(-c2[c-]cccc2)nc2ccccc21.[CH3-].[Ir+3]. The second-order valence-electron chi connectivity index (χ2n) is 20.3. The van der Waals surface area contributed by atoms with E-state index in [9.17, 15) is 0 Å². The molecule has 6 heteroatoms. The predicted octanol–water partition coefficient (Wildman–Crippen LogP) is 19.6. The molecule has 0 saturated carbocycles. The van der Waals surface area contributed by atoms with E-state index in [-0.39, 0.29) is 27.5 Å². The van der Waals surface area contributed by atoms with Gasteiger partial charge in [0.1, 0.15) is 17.1 Å². The summed E-state index contributed by atoms with van der Waals surface area (Å²) < 4.78 is 15.6. The molecule has 12 rings (SSSR count). The number of fused-ring (bicyclic) bond motifs is 5. The number of furan rings is 1. The number of nitrogens with zero attached hydrogens (tertiary/aromatic N) is 3. The van der Waals surface area contributed by atoms with Gasteiger partial charge in [0.25, 0.3) is 0 Å². The zero-order valence-electron chi connectivity index (χ0n) is 44.2. The molecule has 0 atom stereocenters. The van der Waals surface area contributed by atoms with E-state index in [0.29, 0.717) is 29.6 Å². The third kappa shape index (κ3) is 9.94. The molecule has 374 valence electrons. The van der Waals surface area contributed by atoms with Gasteiger partial charge in [-0.25, -0.2) is 0 Å². The number of oxazole rings is 1. The van der Waals surface area contributed by atoms with Crippen LogP contribution in [0, 0.1) is 19.6 Å². The van der Waals surface area contributed by atoms with Gasteiger partial charge in [0.05, 0.1) is 28.0 Å². The van der Waals surface area contributed by atoms with E-state index in [1.165, 1.54) is 44.6 Å². The normalized spacial score (nSPS) is 11.5. The quantitative estimate of drug-likeness (QED) is 0.128. The maximum absolute atomic E-state index is 6.72. The Kier molecular flexibility index (Phi) is 15.4. The topological polar surface area (TPSA) is 57.0 Å². The van der Waals surface area contributed by atoms with Crippen molar-refractivity contribution in [3.63, 3.8) is 0 Å². The van der Waals surface area contributed by atoms with Crippen molar-refractivity contribution in [1.82, 2.24) is 14.5 Å². The molecule has 9 aromatic carbocycles. The molecule has 5 nitrogen and oxygen atoms in total. The molecule has 0 amide bonds. The van der Waals surface area contributed by atoms with Gasteiger partial charge in [0, 0.05) is 16.6 Å². The summed E-state index contributed by atoms with van der Waals surface area (Å²) in [6.07, 6.45) is 0. The second kappa shape index (κ2) is 22.1. The summed E-state index contributed by atoms with van der Waals surface area (Å²) in [6, 6.07) is 72.3. The van der Waals surface area contributed by atoms with Crippen molar-refractivity contribution in [2.45, 2.75) is 79.1 Å². The largest absolute Gasteiger partial charge is 3.00 e. The first-order valence-corrected chi connectivity index (χ1v) is 25.7. The van der Waals surface area contributed by atoms with Crippen LogP contribution < -0.4 is 0 Å². The number of benzene rings is 9. The van der Waals surface area contributed by atoms with Crippen LogP contribution in [0.4, 0.5) is 0 Å². The van der Waals surface area contributed by atoms with Crippen LogP contribution in [0.1, 0.15) is 101 Å². The number of aromatic nitrogens is 3. The smallest absolute Gasteiger partial charge is 0.500 e. The van der Waals surface area contributed by atoms with Crippen LogP contribution in [-0.2, 0) is 20.1 Å². The van der Waals surface area contributed by atoms with E-state index in [1.807, 2.05) is 36.4 Å². The molecular formula is C69H62IrN3O2. The van der Waals surface area contributed by atoms with Crippen LogP contribution in [0.25, 0.3) is 106 Å². The third-order valence-electron chi connectivity index (χ3n) is 14.1. The van der Waals surface area contributed by atoms with Crippen molar-refractivity contribution in [2.75, 3.05) is 0 Å². The second-order valence-corrected chi connectivity index (χ2v) is 20.3. The van der Waals surface area contributed by atoms with E-state index < -0.39 is 0 Å². The molecule has 0 saturated heterocycles. The molecule has 0 radical (unpaired) electrons. The van der Waals surface area contributed by atoms with Gasteiger partial charge in [-0.3, -0.25) is 9.97 Å². The van der Waals surface area contributed by atoms with Gasteiger partial charge in [-0.1, -0.05) is 188 Å². The van der Waals surface area contributed by atoms with Gasteiger partial charge in [-0.2, -0.15) is 0 Å². The maximum atomic E-state index is 6.72. The van der Waals surface area contributed by atoms with E-state index in [0.717, 1.165) is 77.7 Å². The van der Waals surface area contributed by atoms with Crippen LogP contribution >= 0.6 is 0 Å². The molecule has 0 aliphatic rings. The summed E-state index contributed by atoms with van der Waals surface area (Å²) in [5, 5.41) is 2.08. The fraction of sp³-hybridized carbons (Fsp3) is 0.174. The van der Waals surface area contributed by atoms with E-state index in [4.69, 9.17) is 18.8 Å². The van der Waals surface area contributed by atoms with Gasteiger partial charge in [0.2, 0.25) is 0 Å². The van der Waals surface area contributed by atoms with Crippen molar-refractivity contribution in [2.24, 2.45) is 0 Å². The van der Waals surface area contributed by atoms with Crippen LogP contribution in [0.5, 0.6) is 0 Å². The molecule has 0 aliphatic carbocycles. The Morgan fingerprint density at radius 1 is 0.453 bits per heavy atom. The molecule has 0 aliphatic heterocycles. The Labute approximate surface area is 455 Å². The van der Waals surface area contributed by atoms with Crippen LogP contribution in [0.2, 0.25) is 0 Å². The summed E-state index contributed by atoms with van der Waals surface area (Å²) in [7, 11) is 0. The number of imidazole rings is 1. The fourth-order valence-corrected chi connectivity index (χ4v) is 10.4. The minimum Gasteiger partial charge on any atom is -0.500 e. The zero-order valence-corrected chi connectivity index (χ0v) is 46.6. The molecule has 0 fully saturated rings. The van der Waals surface area contributed by atoms with Crippen LogP contribution in [0.3, 0.4) is 0 Å². The first-order chi connectivity index (χ1) is 35.5. The minimum absolute atomic E-state index is 0. The average Bonchev–Trinajstić information content (AvgIpc) is 4.16. The van der Waals surface area contributed by atoms with Crippen molar-refractivity contribution in [3.05, 3.63) is 230 Å². The molecule has 3 heterocycles. The van der Waals surface area contributed by atoms with E-state index in [2.05, 4.69) is 224 Å². The average molecular weight is 1160 g/mol. The van der Waals surface area contributed by atoms with E-state index in [1.54, 1.807) is 0 Å². The van der Waals surface area contributed by atoms with E-state index >= 15 is 0 Å². The summed E-state index contributed by atoms with van der Waals surface area (Å²) in [4.78, 5) is 10.0. The predicted molar refractivity (Wildman–Crippen MR) is 310 cm³/mol. The Hall–Kier alpha value is -7.63. The Bertz CT molecular complexity index is 3860. The number of hydrogen-bond donors (Lipinski definition) is 0. The van der Waals surface area contributed by atoms with Gasteiger partial charge < -0.3 is 20.8 Å². The van der Waals surface area contributed by atoms with Gasteiger partial charge in [-0.05, 0) is 104 Å². The van der Waals surface area contributed by atoms with Crippen molar-refractivity contribution in [3.8, 4) is 61.9 Å². The van der Waals surface area contributed by atoms with Crippen LogP contribution in [0.15, 0.2) is 197 Å². The van der Waals surface area contributed by atoms with Crippen molar-refractivity contribution in [1.29, 1.82) is 0 Å². The summed E-state index contributed by atoms with van der Waals surface area (Å²) >= 11 is 0. The molecule has 0 bridgehead atoms. The molecule has 0 N–H and O–H groups in total. The molecule has 75 heavy (non-hydrogen) atoms. The Morgan fingerprint density at radius 2 is 1.05 bits per heavy atom. The Morgan fingerprint density at radius 3 is 1.69 bits per heavy atom. The molecule has 12 aromatic rings. The molecular weight excluding hydrogens is 1090 g/mol. The Balaban J connectivity index is 0.000000204. The molecule has 0 unspecified atom stereocenters. The maximum Gasteiger partial charge on any atom is 3.00 e. The monoisotopic (exact) mass is 1160 g/mol. The number of para-hydroxylation sites is 4.